The molecule has 0 amide bonds. The van der Waals surface area contributed by atoms with Crippen LogP contribution in [0.5, 0.6) is 0 Å². The molecule has 0 fully saturated rings. The Morgan fingerprint density at radius 1 is 1.38 bits per heavy atom. The third-order valence-corrected chi connectivity index (χ3v) is 4.04. The van der Waals surface area contributed by atoms with Crippen LogP contribution in [-0.2, 0) is 11.5 Å². The summed E-state index contributed by atoms with van der Waals surface area (Å²) in [5.74, 6) is 0.219. The van der Waals surface area contributed by atoms with E-state index in [-0.39, 0.29) is 25.8 Å². The molecule has 0 unspecified atom stereocenters. The number of benzene rings is 1. The van der Waals surface area contributed by atoms with Crippen molar-refractivity contribution < 1.29 is 9.84 Å². The maximum absolute atomic E-state index is 12.0. The number of nitrogens with zero attached hydrogens (tertiary/aromatic N) is 2. The van der Waals surface area contributed by atoms with Crippen molar-refractivity contribution in [1.29, 1.82) is 0 Å². The molecule has 0 spiro atoms. The highest BCUT2D eigenvalue weighted by molar-refractivity contribution is 7.99. The molecule has 21 heavy (non-hydrogen) atoms. The molecule has 0 bridgehead atoms. The first-order valence-electron chi connectivity index (χ1n) is 6.42. The lowest BCUT2D eigenvalue weighted by Gasteiger charge is -2.15. The molecule has 1 aromatic heterocycles. The van der Waals surface area contributed by atoms with Crippen molar-refractivity contribution in [2.75, 3.05) is 18.9 Å². The maximum Gasteiger partial charge on any atom is 0.352 e. The molecule has 0 aliphatic rings. The van der Waals surface area contributed by atoms with E-state index < -0.39 is 5.69 Å². The minimum atomic E-state index is -0.463. The SMILES string of the molecule is Cc1c(N)nc(=O)n(COCCO)c1Sc1ccccc1. The molecular formula is C14H17N3O3S. The summed E-state index contributed by atoms with van der Waals surface area (Å²) in [6.07, 6.45) is 0. The highest BCUT2D eigenvalue weighted by Crippen LogP contribution is 2.30. The zero-order chi connectivity index (χ0) is 15.2. The molecule has 0 saturated carbocycles. The lowest BCUT2D eigenvalue weighted by molar-refractivity contribution is 0.0413. The van der Waals surface area contributed by atoms with Gasteiger partial charge in [0.1, 0.15) is 12.5 Å². The molecule has 0 aliphatic carbocycles. The molecule has 7 heteroatoms. The van der Waals surface area contributed by atoms with E-state index in [2.05, 4.69) is 4.98 Å². The fourth-order valence-electron chi connectivity index (χ4n) is 1.71. The van der Waals surface area contributed by atoms with Gasteiger partial charge in [-0.3, -0.25) is 4.57 Å². The maximum atomic E-state index is 12.0. The van der Waals surface area contributed by atoms with E-state index in [4.69, 9.17) is 15.6 Å². The normalized spacial score (nSPS) is 10.8. The third-order valence-electron chi connectivity index (χ3n) is 2.81. The molecule has 2 rings (SSSR count). The fraction of sp³-hybridized carbons (Fsp3) is 0.286. The van der Waals surface area contributed by atoms with Gasteiger partial charge in [0.15, 0.2) is 0 Å². The van der Waals surface area contributed by atoms with Gasteiger partial charge in [0.25, 0.3) is 0 Å². The van der Waals surface area contributed by atoms with Gasteiger partial charge in [0, 0.05) is 10.5 Å². The average Bonchev–Trinajstić information content (AvgIpc) is 2.49. The van der Waals surface area contributed by atoms with Crippen molar-refractivity contribution in [2.24, 2.45) is 0 Å². The van der Waals surface area contributed by atoms with Crippen LogP contribution in [0, 0.1) is 6.92 Å². The Labute approximate surface area is 126 Å². The van der Waals surface area contributed by atoms with E-state index in [0.717, 1.165) is 10.5 Å². The molecular weight excluding hydrogens is 290 g/mol. The minimum absolute atomic E-state index is 0.0304. The largest absolute Gasteiger partial charge is 0.394 e. The predicted octanol–water partition coefficient (Wildman–Crippen LogP) is 1.25. The van der Waals surface area contributed by atoms with E-state index in [1.54, 1.807) is 0 Å². The second kappa shape index (κ2) is 7.26. The van der Waals surface area contributed by atoms with Crippen molar-refractivity contribution >= 4 is 17.6 Å². The second-order valence-electron chi connectivity index (χ2n) is 4.31. The van der Waals surface area contributed by atoms with E-state index >= 15 is 0 Å². The summed E-state index contributed by atoms with van der Waals surface area (Å²) in [5, 5.41) is 9.45. The van der Waals surface area contributed by atoms with Gasteiger partial charge in [-0.05, 0) is 19.1 Å². The number of nitrogen functional groups attached to an aromatic ring is 1. The molecule has 1 aromatic carbocycles. The van der Waals surface area contributed by atoms with Gasteiger partial charge in [-0.25, -0.2) is 4.79 Å². The van der Waals surface area contributed by atoms with Gasteiger partial charge in [-0.2, -0.15) is 4.98 Å². The number of ether oxygens (including phenoxy) is 1. The fourth-order valence-corrected chi connectivity index (χ4v) is 2.73. The van der Waals surface area contributed by atoms with Gasteiger partial charge in [-0.1, -0.05) is 30.0 Å². The lowest BCUT2D eigenvalue weighted by Crippen LogP contribution is -2.28. The summed E-state index contributed by atoms with van der Waals surface area (Å²) >= 11 is 1.43. The van der Waals surface area contributed by atoms with Crippen molar-refractivity contribution in [1.82, 2.24) is 9.55 Å². The molecule has 6 nitrogen and oxygen atoms in total. The number of hydrogen-bond donors (Lipinski definition) is 2. The van der Waals surface area contributed by atoms with Crippen LogP contribution in [0.25, 0.3) is 0 Å². The van der Waals surface area contributed by atoms with Gasteiger partial charge >= 0.3 is 5.69 Å². The molecule has 112 valence electrons. The summed E-state index contributed by atoms with van der Waals surface area (Å²) < 4.78 is 6.66. The van der Waals surface area contributed by atoms with Crippen LogP contribution < -0.4 is 11.4 Å². The Morgan fingerprint density at radius 2 is 2.10 bits per heavy atom. The molecule has 1 heterocycles. The second-order valence-corrected chi connectivity index (χ2v) is 5.38. The van der Waals surface area contributed by atoms with Crippen LogP contribution in [0.2, 0.25) is 0 Å². The van der Waals surface area contributed by atoms with E-state index in [1.165, 1.54) is 16.3 Å². The van der Waals surface area contributed by atoms with E-state index in [0.29, 0.717) is 5.03 Å². The lowest BCUT2D eigenvalue weighted by atomic mass is 10.3. The first-order valence-corrected chi connectivity index (χ1v) is 7.23. The summed E-state index contributed by atoms with van der Waals surface area (Å²) in [7, 11) is 0. The van der Waals surface area contributed by atoms with Crippen LogP contribution in [-0.4, -0.2) is 27.9 Å². The molecule has 0 radical (unpaired) electrons. The van der Waals surface area contributed by atoms with Crippen LogP contribution in [0.15, 0.2) is 45.0 Å². The zero-order valence-electron chi connectivity index (χ0n) is 11.7. The Bertz CT molecular complexity index is 659. The van der Waals surface area contributed by atoms with Crippen molar-refractivity contribution in [3.63, 3.8) is 0 Å². The quantitative estimate of drug-likeness (QED) is 0.616. The Hall–Kier alpha value is -1.83. The molecule has 3 N–H and O–H groups in total. The first kappa shape index (κ1) is 15.6. The highest BCUT2D eigenvalue weighted by atomic mass is 32.2. The van der Waals surface area contributed by atoms with E-state index in [9.17, 15) is 4.79 Å². The van der Waals surface area contributed by atoms with Crippen LogP contribution in [0.1, 0.15) is 5.56 Å². The number of aromatic nitrogens is 2. The summed E-state index contributed by atoms with van der Waals surface area (Å²) in [6, 6.07) is 9.67. The van der Waals surface area contributed by atoms with Crippen molar-refractivity contribution in [2.45, 2.75) is 23.6 Å². The number of nitrogens with two attached hydrogens (primary N) is 1. The Balaban J connectivity index is 2.38. The molecule has 2 aromatic rings. The number of rotatable bonds is 6. The standard InChI is InChI=1S/C14H17N3O3S/c1-10-12(15)16-14(19)17(9-20-8-7-18)13(10)21-11-5-3-2-4-6-11/h2-6,18H,7-9H2,1H3,(H2,15,16,19). The third kappa shape index (κ3) is 3.84. The van der Waals surface area contributed by atoms with Crippen LogP contribution >= 0.6 is 11.8 Å². The number of aliphatic hydroxyl groups is 1. The summed E-state index contributed by atoms with van der Waals surface area (Å²) in [4.78, 5) is 16.8. The predicted molar refractivity (Wildman–Crippen MR) is 81.2 cm³/mol. The van der Waals surface area contributed by atoms with E-state index in [1.807, 2.05) is 37.3 Å². The molecule has 0 saturated heterocycles. The summed E-state index contributed by atoms with van der Waals surface area (Å²) in [5.41, 5.74) is 6.05. The topological polar surface area (TPSA) is 90.4 Å². The van der Waals surface area contributed by atoms with Gasteiger partial charge in [0.2, 0.25) is 0 Å². The Morgan fingerprint density at radius 3 is 2.76 bits per heavy atom. The number of hydrogen-bond acceptors (Lipinski definition) is 6. The highest BCUT2D eigenvalue weighted by Gasteiger charge is 2.13. The van der Waals surface area contributed by atoms with Gasteiger partial charge in [0.05, 0.1) is 18.2 Å². The number of aliphatic hydroxyl groups excluding tert-OH is 1. The first-order chi connectivity index (χ1) is 10.1. The smallest absolute Gasteiger partial charge is 0.352 e. The number of anilines is 1. The molecule has 0 atom stereocenters. The monoisotopic (exact) mass is 307 g/mol. The van der Waals surface area contributed by atoms with Gasteiger partial charge in [-0.15, -0.1) is 0 Å². The van der Waals surface area contributed by atoms with Gasteiger partial charge < -0.3 is 15.6 Å². The van der Waals surface area contributed by atoms with Crippen molar-refractivity contribution in [3.05, 3.63) is 46.4 Å². The van der Waals surface area contributed by atoms with Crippen LogP contribution in [0.4, 0.5) is 5.82 Å². The average molecular weight is 307 g/mol. The Kier molecular flexibility index (Phi) is 5.38. The van der Waals surface area contributed by atoms with Crippen LogP contribution in [0.3, 0.4) is 0 Å². The zero-order valence-corrected chi connectivity index (χ0v) is 12.5. The summed E-state index contributed by atoms with van der Waals surface area (Å²) in [6.45, 7) is 1.90. The minimum Gasteiger partial charge on any atom is -0.394 e. The van der Waals surface area contributed by atoms with Crippen molar-refractivity contribution in [3.8, 4) is 0 Å². The molecule has 0 aliphatic heterocycles.